The van der Waals surface area contributed by atoms with Gasteiger partial charge < -0.3 is 20.5 Å². The van der Waals surface area contributed by atoms with E-state index in [0.717, 1.165) is 29.9 Å². The maximum absolute atomic E-state index is 10.2. The zero-order valence-corrected chi connectivity index (χ0v) is 18.0. The maximum atomic E-state index is 10.2. The summed E-state index contributed by atoms with van der Waals surface area (Å²) in [6, 6.07) is 5.95. The molecule has 2 rings (SSSR count). The van der Waals surface area contributed by atoms with Gasteiger partial charge in [0.15, 0.2) is 17.5 Å². The van der Waals surface area contributed by atoms with E-state index >= 15 is 0 Å². The fourth-order valence-electron chi connectivity index (χ4n) is 3.60. The zero-order valence-electron chi connectivity index (χ0n) is 15.7. The quantitative estimate of drug-likeness (QED) is 0.354. The van der Waals surface area contributed by atoms with Crippen LogP contribution in [-0.4, -0.2) is 30.8 Å². The number of aliphatic imine (C=N–C) groups is 1. The van der Waals surface area contributed by atoms with Crippen LogP contribution in [0.4, 0.5) is 0 Å². The fourth-order valence-corrected chi connectivity index (χ4v) is 3.60. The molecule has 0 amide bonds. The van der Waals surface area contributed by atoms with E-state index in [-0.39, 0.29) is 29.7 Å². The van der Waals surface area contributed by atoms with Gasteiger partial charge in [-0.3, -0.25) is 0 Å². The van der Waals surface area contributed by atoms with E-state index in [1.807, 2.05) is 12.1 Å². The number of methoxy groups -OCH3 is 1. The van der Waals surface area contributed by atoms with Crippen molar-refractivity contribution >= 4 is 29.9 Å². The van der Waals surface area contributed by atoms with Crippen LogP contribution in [0.3, 0.4) is 0 Å². The predicted molar refractivity (Wildman–Crippen MR) is 114 cm³/mol. The fraction of sp³-hybridized carbons (Fsp3) is 0.632. The molecule has 1 aromatic carbocycles. The number of benzene rings is 1. The summed E-state index contributed by atoms with van der Waals surface area (Å²) < 4.78 is 5.16. The van der Waals surface area contributed by atoms with Gasteiger partial charge >= 0.3 is 0 Å². The lowest BCUT2D eigenvalue weighted by Gasteiger charge is -2.32. The van der Waals surface area contributed by atoms with Gasteiger partial charge in [0.1, 0.15) is 0 Å². The molecular weight excluding hydrogens is 429 g/mol. The molecule has 0 aliphatic heterocycles. The van der Waals surface area contributed by atoms with Crippen LogP contribution >= 0.6 is 24.0 Å². The molecule has 25 heavy (non-hydrogen) atoms. The Bertz CT molecular complexity index is 556. The topological polar surface area (TPSA) is 65.9 Å². The highest BCUT2D eigenvalue weighted by molar-refractivity contribution is 14.0. The number of hydrogen-bond donors (Lipinski definition) is 3. The third kappa shape index (κ3) is 6.56. The molecule has 1 saturated carbocycles. The molecule has 1 aliphatic carbocycles. The highest BCUT2D eigenvalue weighted by Gasteiger charge is 2.24. The van der Waals surface area contributed by atoms with Crippen molar-refractivity contribution in [1.82, 2.24) is 10.6 Å². The first-order chi connectivity index (χ1) is 11.5. The van der Waals surface area contributed by atoms with Gasteiger partial charge in [-0.25, -0.2) is 4.99 Å². The maximum Gasteiger partial charge on any atom is 0.191 e. The number of guanidine groups is 1. The molecule has 6 heteroatoms. The van der Waals surface area contributed by atoms with Crippen molar-refractivity contribution in [2.24, 2.45) is 16.8 Å². The third-order valence-corrected chi connectivity index (χ3v) is 4.57. The van der Waals surface area contributed by atoms with Crippen LogP contribution in [0, 0.1) is 11.8 Å². The van der Waals surface area contributed by atoms with Crippen LogP contribution in [-0.2, 0) is 6.54 Å². The number of aromatic hydroxyl groups is 1. The van der Waals surface area contributed by atoms with Crippen LogP contribution in [0.5, 0.6) is 11.5 Å². The number of hydrogen-bond acceptors (Lipinski definition) is 3. The molecule has 0 spiro atoms. The zero-order chi connectivity index (χ0) is 17.5. The van der Waals surface area contributed by atoms with Crippen LogP contribution in [0.2, 0.25) is 0 Å². The first kappa shape index (κ1) is 21.9. The summed E-state index contributed by atoms with van der Waals surface area (Å²) in [5, 5.41) is 17.1. The molecule has 1 fully saturated rings. The van der Waals surface area contributed by atoms with E-state index in [1.54, 1.807) is 13.2 Å². The molecule has 3 N–H and O–H groups in total. The minimum Gasteiger partial charge on any atom is -0.504 e. The summed E-state index contributed by atoms with van der Waals surface area (Å²) in [5.41, 5.74) is 0.761. The van der Waals surface area contributed by atoms with Crippen LogP contribution in [0.15, 0.2) is 23.2 Å². The first-order valence-electron chi connectivity index (χ1n) is 8.93. The van der Waals surface area contributed by atoms with E-state index in [0.29, 0.717) is 18.3 Å². The lowest BCUT2D eigenvalue weighted by molar-refractivity contribution is 0.255. The number of halogens is 1. The number of rotatable bonds is 5. The molecule has 1 aliphatic rings. The summed E-state index contributed by atoms with van der Waals surface area (Å²) in [7, 11) is 1.55. The van der Waals surface area contributed by atoms with Gasteiger partial charge in [0.05, 0.1) is 13.7 Å². The van der Waals surface area contributed by atoms with Crippen LogP contribution in [0.25, 0.3) is 0 Å². The van der Waals surface area contributed by atoms with Crippen molar-refractivity contribution in [3.05, 3.63) is 23.8 Å². The molecular formula is C19H32IN3O2. The molecule has 0 radical (unpaired) electrons. The number of para-hydroxylation sites is 1. The van der Waals surface area contributed by atoms with Gasteiger partial charge in [-0.05, 0) is 44.1 Å². The Balaban J connectivity index is 0.00000312. The summed E-state index contributed by atoms with van der Waals surface area (Å²) in [6.07, 6.45) is 3.67. The Kier molecular flexibility index (Phi) is 9.38. The average molecular weight is 461 g/mol. The molecule has 142 valence electrons. The molecule has 2 unspecified atom stereocenters. The Morgan fingerprint density at radius 2 is 1.92 bits per heavy atom. The number of phenols is 1. The Hall–Kier alpha value is -1.18. The minimum absolute atomic E-state index is 0. The molecule has 0 bridgehead atoms. The van der Waals surface area contributed by atoms with E-state index in [2.05, 4.69) is 36.4 Å². The number of ether oxygens (including phenoxy) is 1. The van der Waals surface area contributed by atoms with Crippen LogP contribution < -0.4 is 15.4 Å². The average Bonchev–Trinajstić information content (AvgIpc) is 2.53. The summed E-state index contributed by atoms with van der Waals surface area (Å²) in [4.78, 5) is 4.64. The van der Waals surface area contributed by atoms with Gasteiger partial charge in [-0.1, -0.05) is 26.0 Å². The lowest BCUT2D eigenvalue weighted by atomic mass is 9.80. The van der Waals surface area contributed by atoms with Crippen molar-refractivity contribution in [3.8, 4) is 11.5 Å². The van der Waals surface area contributed by atoms with Gasteiger partial charge in [0.25, 0.3) is 0 Å². The van der Waals surface area contributed by atoms with Gasteiger partial charge in [0, 0.05) is 18.2 Å². The largest absolute Gasteiger partial charge is 0.504 e. The summed E-state index contributed by atoms with van der Waals surface area (Å²) >= 11 is 0. The van der Waals surface area contributed by atoms with Crippen molar-refractivity contribution in [2.45, 2.75) is 52.6 Å². The second-order valence-corrected chi connectivity index (χ2v) is 6.92. The van der Waals surface area contributed by atoms with E-state index in [9.17, 15) is 5.11 Å². The van der Waals surface area contributed by atoms with E-state index in [4.69, 9.17) is 4.74 Å². The molecule has 0 heterocycles. The van der Waals surface area contributed by atoms with E-state index < -0.39 is 0 Å². The first-order valence-corrected chi connectivity index (χ1v) is 8.93. The predicted octanol–water partition coefficient (Wildman–Crippen LogP) is 3.90. The summed E-state index contributed by atoms with van der Waals surface area (Å²) in [5.74, 6) is 2.95. The minimum atomic E-state index is 0. The molecule has 5 nitrogen and oxygen atoms in total. The number of nitrogens with zero attached hydrogens (tertiary/aromatic N) is 1. The summed E-state index contributed by atoms with van der Waals surface area (Å²) in [6.45, 7) is 7.93. The Labute approximate surface area is 168 Å². The van der Waals surface area contributed by atoms with Crippen LogP contribution in [0.1, 0.15) is 45.6 Å². The monoisotopic (exact) mass is 461 g/mol. The van der Waals surface area contributed by atoms with Crippen molar-refractivity contribution in [1.29, 1.82) is 0 Å². The van der Waals surface area contributed by atoms with Crippen molar-refractivity contribution in [2.75, 3.05) is 13.7 Å². The smallest absolute Gasteiger partial charge is 0.191 e. The van der Waals surface area contributed by atoms with E-state index in [1.165, 1.54) is 19.3 Å². The Morgan fingerprint density at radius 3 is 2.52 bits per heavy atom. The molecule has 0 aromatic heterocycles. The second-order valence-electron chi connectivity index (χ2n) is 6.92. The van der Waals surface area contributed by atoms with Gasteiger partial charge in [-0.2, -0.15) is 0 Å². The highest BCUT2D eigenvalue weighted by Crippen LogP contribution is 2.30. The molecule has 0 saturated heterocycles. The van der Waals surface area contributed by atoms with Crippen molar-refractivity contribution < 1.29 is 9.84 Å². The molecule has 1 aromatic rings. The lowest BCUT2D eigenvalue weighted by Crippen LogP contribution is -2.46. The SMILES string of the molecule is CCNC(=NCc1cccc(OC)c1O)NC1CC(C)CC(C)C1.I. The second kappa shape index (κ2) is 10.7. The number of phenolic OH excluding ortho intramolecular Hbond substituents is 1. The standard InChI is InChI=1S/C19H31N3O2.HI/c1-5-20-19(22-16-10-13(2)9-14(3)11-16)21-12-15-7-6-8-17(24-4)18(15)23;/h6-8,13-14,16,23H,5,9-12H2,1-4H3,(H2,20,21,22);1H. The molecule has 2 atom stereocenters. The van der Waals surface area contributed by atoms with Gasteiger partial charge in [-0.15, -0.1) is 24.0 Å². The highest BCUT2D eigenvalue weighted by atomic mass is 127. The number of nitrogens with one attached hydrogen (secondary N) is 2. The van der Waals surface area contributed by atoms with Gasteiger partial charge in [0.2, 0.25) is 0 Å². The third-order valence-electron chi connectivity index (χ3n) is 4.57. The normalized spacial score (nSPS) is 23.5. The Morgan fingerprint density at radius 1 is 1.24 bits per heavy atom. The van der Waals surface area contributed by atoms with Crippen molar-refractivity contribution in [3.63, 3.8) is 0 Å².